The summed E-state index contributed by atoms with van der Waals surface area (Å²) >= 11 is 5.19. The van der Waals surface area contributed by atoms with Gasteiger partial charge in [0.25, 0.3) is 0 Å². The quantitative estimate of drug-likeness (QED) is 0.702. The Bertz CT molecular complexity index is 326. The van der Waals surface area contributed by atoms with E-state index in [1.807, 2.05) is 0 Å². The van der Waals surface area contributed by atoms with Gasteiger partial charge in [0.15, 0.2) is 0 Å². The zero-order chi connectivity index (χ0) is 11.9. The zero-order valence-corrected chi connectivity index (χ0v) is 7.53. The Morgan fingerprint density at radius 2 is 1.60 bits per heavy atom. The normalized spacial score (nSPS) is 13.6. The Morgan fingerprint density at radius 1 is 1.13 bits per heavy atom. The molecule has 1 aromatic heterocycles. The molecule has 0 aromatic carbocycles. The average molecular weight is 253 g/mol. The molecular weight excluding hydrogens is 250 g/mol. The summed E-state index contributed by atoms with van der Waals surface area (Å²) in [5.41, 5.74) is 0. The number of rotatable bonds is 1. The molecule has 0 amide bonds. The Kier molecular flexibility index (Phi) is 2.90. The number of nitrogens with zero attached hydrogens (tertiary/aromatic N) is 2. The van der Waals surface area contributed by atoms with Gasteiger partial charge in [-0.25, -0.2) is 4.68 Å². The van der Waals surface area contributed by atoms with Crippen LogP contribution in [0.1, 0.15) is 6.04 Å². The SMILES string of the molecule is FC(F)(F)C(n1cc(Cl)cn1)C(F)(F)F. The van der Waals surface area contributed by atoms with Crippen molar-refractivity contribution in [1.29, 1.82) is 0 Å². The number of halogens is 7. The van der Waals surface area contributed by atoms with Crippen molar-refractivity contribution in [2.45, 2.75) is 18.4 Å². The molecule has 0 fully saturated rings. The van der Waals surface area contributed by atoms with Gasteiger partial charge in [0.05, 0.1) is 11.2 Å². The van der Waals surface area contributed by atoms with Crippen molar-refractivity contribution in [3.63, 3.8) is 0 Å². The molecule has 0 aliphatic heterocycles. The summed E-state index contributed by atoms with van der Waals surface area (Å²) in [6.07, 6.45) is -9.76. The molecule has 0 aliphatic carbocycles. The maximum absolute atomic E-state index is 12.1. The lowest BCUT2D eigenvalue weighted by molar-refractivity contribution is -0.276. The van der Waals surface area contributed by atoms with Gasteiger partial charge in [0, 0.05) is 6.20 Å². The van der Waals surface area contributed by atoms with E-state index in [0.29, 0.717) is 12.4 Å². The second kappa shape index (κ2) is 3.58. The van der Waals surface area contributed by atoms with E-state index in [1.165, 1.54) is 0 Å². The van der Waals surface area contributed by atoms with E-state index in [1.54, 1.807) is 0 Å². The second-order valence-electron chi connectivity index (χ2n) is 2.62. The van der Waals surface area contributed by atoms with Crippen LogP contribution in [0.2, 0.25) is 5.02 Å². The van der Waals surface area contributed by atoms with E-state index in [9.17, 15) is 26.3 Å². The topological polar surface area (TPSA) is 17.8 Å². The van der Waals surface area contributed by atoms with E-state index in [4.69, 9.17) is 11.6 Å². The van der Waals surface area contributed by atoms with Crippen LogP contribution in [0.5, 0.6) is 0 Å². The van der Waals surface area contributed by atoms with E-state index in [0.717, 1.165) is 0 Å². The molecule has 86 valence electrons. The van der Waals surface area contributed by atoms with E-state index in [-0.39, 0.29) is 9.70 Å². The highest BCUT2D eigenvalue weighted by Gasteiger charge is 2.58. The maximum Gasteiger partial charge on any atom is 0.419 e. The minimum atomic E-state index is -5.46. The van der Waals surface area contributed by atoms with Crippen LogP contribution in [-0.2, 0) is 0 Å². The Morgan fingerprint density at radius 3 is 1.87 bits per heavy atom. The van der Waals surface area contributed by atoms with E-state index in [2.05, 4.69) is 5.10 Å². The van der Waals surface area contributed by atoms with Crippen molar-refractivity contribution in [3.8, 4) is 0 Å². The van der Waals surface area contributed by atoms with Gasteiger partial charge in [-0.15, -0.1) is 0 Å². The molecule has 0 spiro atoms. The fourth-order valence-electron chi connectivity index (χ4n) is 0.942. The first kappa shape index (κ1) is 12.2. The zero-order valence-electron chi connectivity index (χ0n) is 6.77. The van der Waals surface area contributed by atoms with E-state index < -0.39 is 18.4 Å². The lowest BCUT2D eigenvalue weighted by Gasteiger charge is -2.22. The van der Waals surface area contributed by atoms with Crippen molar-refractivity contribution >= 4 is 11.6 Å². The van der Waals surface area contributed by atoms with Crippen LogP contribution in [-0.4, -0.2) is 22.1 Å². The van der Waals surface area contributed by atoms with E-state index >= 15 is 0 Å². The summed E-state index contributed by atoms with van der Waals surface area (Å²) in [6.45, 7) is 0. The Balaban J connectivity index is 3.14. The molecule has 0 saturated carbocycles. The van der Waals surface area contributed by atoms with Gasteiger partial charge in [-0.2, -0.15) is 31.4 Å². The monoisotopic (exact) mass is 252 g/mol. The third kappa shape index (κ3) is 2.77. The van der Waals surface area contributed by atoms with Gasteiger partial charge in [0.1, 0.15) is 0 Å². The van der Waals surface area contributed by atoms with Crippen molar-refractivity contribution in [2.75, 3.05) is 0 Å². The molecule has 1 heterocycles. The molecule has 15 heavy (non-hydrogen) atoms. The predicted octanol–water partition coefficient (Wildman–Crippen LogP) is 3.20. The lowest BCUT2D eigenvalue weighted by atomic mass is 10.3. The van der Waals surface area contributed by atoms with Gasteiger partial charge in [-0.05, 0) is 0 Å². The van der Waals surface area contributed by atoms with Crippen LogP contribution in [0.4, 0.5) is 26.3 Å². The molecule has 0 saturated heterocycles. The van der Waals surface area contributed by atoms with Crippen molar-refractivity contribution in [3.05, 3.63) is 17.4 Å². The molecule has 0 unspecified atom stereocenters. The molecule has 9 heteroatoms. The molecule has 0 atom stereocenters. The number of alkyl halides is 6. The predicted molar refractivity (Wildman–Crippen MR) is 38.4 cm³/mol. The highest BCUT2D eigenvalue weighted by molar-refractivity contribution is 6.30. The summed E-state index contributed by atoms with van der Waals surface area (Å²) < 4.78 is 72.3. The maximum atomic E-state index is 12.1. The minimum absolute atomic E-state index is 0.262. The fraction of sp³-hybridized carbons (Fsp3) is 0.500. The van der Waals surface area contributed by atoms with Gasteiger partial charge >= 0.3 is 12.4 Å². The molecule has 0 N–H and O–H groups in total. The molecule has 1 aromatic rings. The molecule has 2 nitrogen and oxygen atoms in total. The lowest BCUT2D eigenvalue weighted by Crippen LogP contribution is -2.38. The largest absolute Gasteiger partial charge is 0.419 e. The molecule has 1 rings (SSSR count). The van der Waals surface area contributed by atoms with Gasteiger partial charge in [0.2, 0.25) is 6.04 Å². The van der Waals surface area contributed by atoms with Gasteiger partial charge < -0.3 is 0 Å². The average Bonchev–Trinajstić information content (AvgIpc) is 2.28. The Labute approximate surface area is 84.4 Å². The first-order chi connectivity index (χ1) is 6.62. The molecule has 0 bridgehead atoms. The standard InChI is InChI=1S/C6H3ClF6N2/c7-3-1-14-15(2-3)4(5(8,9)10)6(11,12)13/h1-2,4H. The first-order valence-corrected chi connectivity index (χ1v) is 3.83. The Hall–Kier alpha value is -0.920. The first-order valence-electron chi connectivity index (χ1n) is 3.45. The number of aromatic nitrogens is 2. The summed E-state index contributed by atoms with van der Waals surface area (Å²) in [5.74, 6) is 0. The van der Waals surface area contributed by atoms with Crippen LogP contribution in [0.25, 0.3) is 0 Å². The van der Waals surface area contributed by atoms with Crippen molar-refractivity contribution in [1.82, 2.24) is 9.78 Å². The highest BCUT2D eigenvalue weighted by Crippen LogP contribution is 2.42. The van der Waals surface area contributed by atoms with Crippen molar-refractivity contribution < 1.29 is 26.3 Å². The van der Waals surface area contributed by atoms with Crippen LogP contribution < -0.4 is 0 Å². The van der Waals surface area contributed by atoms with Crippen LogP contribution in [0.3, 0.4) is 0 Å². The molecular formula is C6H3ClF6N2. The van der Waals surface area contributed by atoms with Gasteiger partial charge in [-0.1, -0.05) is 11.6 Å². The second-order valence-corrected chi connectivity index (χ2v) is 3.06. The van der Waals surface area contributed by atoms with Crippen LogP contribution in [0.15, 0.2) is 12.4 Å². The van der Waals surface area contributed by atoms with Crippen LogP contribution in [0, 0.1) is 0 Å². The van der Waals surface area contributed by atoms with Crippen molar-refractivity contribution in [2.24, 2.45) is 0 Å². The highest BCUT2D eigenvalue weighted by atomic mass is 35.5. The fourth-order valence-corrected chi connectivity index (χ4v) is 1.09. The smallest absolute Gasteiger partial charge is 0.250 e. The summed E-state index contributed by atoms with van der Waals surface area (Å²) in [7, 11) is 0. The third-order valence-corrected chi connectivity index (χ3v) is 1.65. The molecule has 0 aliphatic rings. The van der Waals surface area contributed by atoms with Crippen LogP contribution >= 0.6 is 11.6 Å². The van der Waals surface area contributed by atoms with Gasteiger partial charge in [-0.3, -0.25) is 0 Å². The number of hydrogen-bond acceptors (Lipinski definition) is 1. The summed E-state index contributed by atoms with van der Waals surface area (Å²) in [5, 5.41) is 2.60. The third-order valence-electron chi connectivity index (χ3n) is 1.45. The molecule has 0 radical (unpaired) electrons. The summed E-state index contributed by atoms with van der Waals surface area (Å²) in [6, 6.07) is -3.67. The number of hydrogen-bond donors (Lipinski definition) is 0. The summed E-state index contributed by atoms with van der Waals surface area (Å²) in [4.78, 5) is 0. The minimum Gasteiger partial charge on any atom is -0.250 e.